The van der Waals surface area contributed by atoms with Crippen LogP contribution < -0.4 is 0 Å². The summed E-state index contributed by atoms with van der Waals surface area (Å²) in [4.78, 5) is 13.8. The van der Waals surface area contributed by atoms with Gasteiger partial charge in [-0.25, -0.2) is 0 Å². The van der Waals surface area contributed by atoms with E-state index in [1.807, 2.05) is 0 Å². The van der Waals surface area contributed by atoms with Gasteiger partial charge >= 0.3 is 5.97 Å². The summed E-state index contributed by atoms with van der Waals surface area (Å²) in [7, 11) is 0. The molecule has 0 spiro atoms. The molecule has 0 aromatic heterocycles. The lowest BCUT2D eigenvalue weighted by Crippen LogP contribution is -2.85. The number of hydrogen-bond donors (Lipinski definition) is 6. The zero-order valence-corrected chi connectivity index (χ0v) is 23.2. The standard InChI is InChI=1S/C29H47NO8/c1-15-5-8-22-26(4,34)29(37)21(14-30(22)13-15)28(36)11-19-17(27(28,35)12-23(29)32)6-7-18-24(33)20(38-16(2)31)9-10-25(18,19)3/h15,17-24,32-37H,5-14H2,1-4H3. The molecule has 6 rings (SSSR count). The van der Waals surface area contributed by atoms with Gasteiger partial charge in [-0.1, -0.05) is 13.8 Å². The monoisotopic (exact) mass is 537 g/mol. The first-order valence-corrected chi connectivity index (χ1v) is 14.8. The summed E-state index contributed by atoms with van der Waals surface area (Å²) in [5.74, 6) is -1.55. The van der Waals surface area contributed by atoms with Gasteiger partial charge in [-0.05, 0) is 81.0 Å². The largest absolute Gasteiger partial charge is 0.460 e. The molecule has 2 heterocycles. The Kier molecular flexibility index (Phi) is 6.02. The molecule has 9 nitrogen and oxygen atoms in total. The molecule has 6 aliphatic rings. The van der Waals surface area contributed by atoms with E-state index in [0.29, 0.717) is 44.6 Å². The third-order valence-electron chi connectivity index (χ3n) is 12.9. The fraction of sp³-hybridized carbons (Fsp3) is 0.966. The highest BCUT2D eigenvalue weighted by molar-refractivity contribution is 5.66. The summed E-state index contributed by atoms with van der Waals surface area (Å²) in [5, 5.41) is 71.9. The highest BCUT2D eigenvalue weighted by Crippen LogP contribution is 2.70. The van der Waals surface area contributed by atoms with Crippen molar-refractivity contribution in [3.05, 3.63) is 0 Å². The molecule has 2 aliphatic heterocycles. The quantitative estimate of drug-likeness (QED) is 0.264. The van der Waals surface area contributed by atoms with Crippen molar-refractivity contribution in [3.63, 3.8) is 0 Å². The lowest BCUT2D eigenvalue weighted by atomic mass is 9.49. The van der Waals surface area contributed by atoms with Crippen LogP contribution in [0.4, 0.5) is 0 Å². The maximum atomic E-state index is 12.6. The van der Waals surface area contributed by atoms with Crippen LogP contribution in [-0.4, -0.2) is 101 Å². The first-order valence-electron chi connectivity index (χ1n) is 14.8. The molecule has 4 aliphatic carbocycles. The molecule has 6 N–H and O–H groups in total. The minimum Gasteiger partial charge on any atom is -0.460 e. The molecule has 6 fully saturated rings. The summed E-state index contributed by atoms with van der Waals surface area (Å²) in [6, 6.07) is -0.332. The molecule has 0 radical (unpaired) electrons. The van der Waals surface area contributed by atoms with Crippen LogP contribution in [0.25, 0.3) is 0 Å². The second-order valence-electron chi connectivity index (χ2n) is 14.5. The van der Waals surface area contributed by atoms with E-state index in [1.165, 1.54) is 6.92 Å². The van der Waals surface area contributed by atoms with Gasteiger partial charge in [0, 0.05) is 38.4 Å². The Morgan fingerprint density at radius 3 is 2.24 bits per heavy atom. The first-order chi connectivity index (χ1) is 17.6. The van der Waals surface area contributed by atoms with Gasteiger partial charge in [-0.2, -0.15) is 0 Å². The number of carbonyl (C=O) groups excluding carboxylic acids is 1. The van der Waals surface area contributed by atoms with Crippen LogP contribution in [0.3, 0.4) is 0 Å². The first kappa shape index (κ1) is 27.4. The molecular weight excluding hydrogens is 490 g/mol. The number of hydrogen-bond acceptors (Lipinski definition) is 9. The molecule has 0 bridgehead atoms. The molecule has 14 unspecified atom stereocenters. The Balaban J connectivity index is 1.38. The Hall–Kier alpha value is -0.810. The van der Waals surface area contributed by atoms with Crippen LogP contribution in [-0.2, 0) is 9.53 Å². The minimum absolute atomic E-state index is 0.151. The van der Waals surface area contributed by atoms with Gasteiger partial charge in [0.25, 0.3) is 0 Å². The Bertz CT molecular complexity index is 992. The van der Waals surface area contributed by atoms with Gasteiger partial charge in [0.05, 0.1) is 17.8 Å². The van der Waals surface area contributed by atoms with Crippen molar-refractivity contribution in [2.45, 2.75) is 126 Å². The second kappa shape index (κ2) is 8.37. The third kappa shape index (κ3) is 3.21. The van der Waals surface area contributed by atoms with E-state index in [2.05, 4.69) is 18.7 Å². The van der Waals surface area contributed by atoms with Gasteiger partial charge < -0.3 is 35.4 Å². The average molecular weight is 538 g/mol. The molecule has 4 saturated carbocycles. The SMILES string of the molecule is CC(=O)OC1CCC2(C)C(CCC3C2CC2(O)C4CN5CC(C)CCC5C(C)(O)C4(O)C(O)CC32O)C1O. The normalized spacial score (nSPS) is 60.1. The number of ether oxygens (including phenoxy) is 1. The van der Waals surface area contributed by atoms with Crippen LogP contribution >= 0.6 is 0 Å². The average Bonchev–Trinajstić information content (AvgIpc) is 3.06. The number of carbonyl (C=O) groups is 1. The highest BCUT2D eigenvalue weighted by atomic mass is 16.6. The smallest absolute Gasteiger partial charge is 0.302 e. The van der Waals surface area contributed by atoms with E-state index >= 15 is 0 Å². The van der Waals surface area contributed by atoms with E-state index in [9.17, 15) is 35.4 Å². The molecule has 216 valence electrons. The van der Waals surface area contributed by atoms with Crippen LogP contribution in [0.2, 0.25) is 0 Å². The highest BCUT2D eigenvalue weighted by Gasteiger charge is 2.80. The second-order valence-corrected chi connectivity index (χ2v) is 14.5. The van der Waals surface area contributed by atoms with Crippen molar-refractivity contribution in [1.82, 2.24) is 4.90 Å². The van der Waals surface area contributed by atoms with Gasteiger partial charge in [0.15, 0.2) is 0 Å². The minimum atomic E-state index is -1.96. The van der Waals surface area contributed by atoms with Crippen molar-refractivity contribution in [2.24, 2.45) is 35.0 Å². The third-order valence-corrected chi connectivity index (χ3v) is 12.9. The molecule has 0 aromatic carbocycles. The maximum Gasteiger partial charge on any atom is 0.302 e. The Morgan fingerprint density at radius 2 is 1.55 bits per heavy atom. The van der Waals surface area contributed by atoms with Gasteiger partial charge in [0.1, 0.15) is 22.9 Å². The lowest BCUT2D eigenvalue weighted by Gasteiger charge is -2.68. The van der Waals surface area contributed by atoms with Crippen molar-refractivity contribution in [1.29, 1.82) is 0 Å². The van der Waals surface area contributed by atoms with Crippen LogP contribution in [0, 0.1) is 35.0 Å². The van der Waals surface area contributed by atoms with E-state index in [-0.39, 0.29) is 36.6 Å². The molecule has 9 heteroatoms. The Labute approximate surface area is 225 Å². The van der Waals surface area contributed by atoms with Crippen LogP contribution in [0.1, 0.15) is 79.1 Å². The number of fused-ring (bicyclic) bond motifs is 8. The molecular formula is C29H47NO8. The van der Waals surface area contributed by atoms with Gasteiger partial charge in [-0.15, -0.1) is 0 Å². The van der Waals surface area contributed by atoms with Crippen LogP contribution in [0.5, 0.6) is 0 Å². The van der Waals surface area contributed by atoms with Gasteiger partial charge in [-0.3, -0.25) is 9.69 Å². The summed E-state index contributed by atoms with van der Waals surface area (Å²) < 4.78 is 5.44. The fourth-order valence-corrected chi connectivity index (χ4v) is 10.9. The Morgan fingerprint density at radius 1 is 0.868 bits per heavy atom. The molecule has 2 saturated heterocycles. The van der Waals surface area contributed by atoms with E-state index < -0.39 is 58.0 Å². The molecule has 38 heavy (non-hydrogen) atoms. The lowest BCUT2D eigenvalue weighted by molar-refractivity contribution is -0.354. The van der Waals surface area contributed by atoms with Crippen LogP contribution in [0.15, 0.2) is 0 Å². The van der Waals surface area contributed by atoms with Crippen molar-refractivity contribution in [3.8, 4) is 0 Å². The molecule has 0 aromatic rings. The summed E-state index contributed by atoms with van der Waals surface area (Å²) in [5.41, 5.74) is -7.36. The number of nitrogens with zero attached hydrogens (tertiary/aromatic N) is 1. The summed E-state index contributed by atoms with van der Waals surface area (Å²) in [6.45, 7) is 8.25. The van der Waals surface area contributed by atoms with E-state index in [0.717, 1.165) is 13.0 Å². The molecule has 0 amide bonds. The van der Waals surface area contributed by atoms with Crippen molar-refractivity contribution in [2.75, 3.05) is 13.1 Å². The van der Waals surface area contributed by atoms with E-state index in [1.54, 1.807) is 6.92 Å². The zero-order valence-electron chi connectivity index (χ0n) is 23.2. The topological polar surface area (TPSA) is 151 Å². The maximum absolute atomic E-state index is 12.6. The van der Waals surface area contributed by atoms with Gasteiger partial charge in [0.2, 0.25) is 0 Å². The van der Waals surface area contributed by atoms with Crippen molar-refractivity contribution >= 4 is 5.97 Å². The number of aliphatic hydroxyl groups excluding tert-OH is 2. The number of aliphatic hydroxyl groups is 6. The number of esters is 1. The summed E-state index contributed by atoms with van der Waals surface area (Å²) >= 11 is 0. The molecule has 14 atom stereocenters. The predicted molar refractivity (Wildman–Crippen MR) is 137 cm³/mol. The van der Waals surface area contributed by atoms with E-state index in [4.69, 9.17) is 4.74 Å². The number of rotatable bonds is 1. The van der Waals surface area contributed by atoms with Crippen molar-refractivity contribution < 1.29 is 40.2 Å². The summed E-state index contributed by atoms with van der Waals surface area (Å²) in [6.07, 6.45) is 1.25. The fourth-order valence-electron chi connectivity index (χ4n) is 10.9. The number of piperidine rings is 2. The zero-order chi connectivity index (χ0) is 27.6. The predicted octanol–water partition coefficient (Wildman–Crippen LogP) is 0.564.